The van der Waals surface area contributed by atoms with Crippen LogP contribution < -0.4 is 10.6 Å². The van der Waals surface area contributed by atoms with E-state index in [0.717, 1.165) is 10.6 Å². The van der Waals surface area contributed by atoms with Crippen LogP contribution in [0.25, 0.3) is 10.6 Å². The summed E-state index contributed by atoms with van der Waals surface area (Å²) in [7, 11) is 0. The number of amides is 2. The van der Waals surface area contributed by atoms with Gasteiger partial charge in [0, 0.05) is 24.5 Å². The number of urea groups is 1. The summed E-state index contributed by atoms with van der Waals surface area (Å²) < 4.78 is 13.5. The van der Waals surface area contributed by atoms with Crippen molar-refractivity contribution in [3.8, 4) is 10.6 Å². The smallest absolute Gasteiger partial charge is 0.315 e. The van der Waals surface area contributed by atoms with Crippen molar-refractivity contribution < 1.29 is 9.18 Å². The molecule has 1 aromatic carbocycles. The van der Waals surface area contributed by atoms with Crippen LogP contribution in [0.1, 0.15) is 11.3 Å². The number of halogens is 1. The Morgan fingerprint density at radius 3 is 2.62 bits per heavy atom. The van der Waals surface area contributed by atoms with E-state index < -0.39 is 0 Å². The first-order valence-corrected chi connectivity index (χ1v) is 8.21. The molecule has 0 bridgehead atoms. The number of nitrogens with one attached hydrogen (secondary N) is 2. The molecule has 2 N–H and O–H groups in total. The van der Waals surface area contributed by atoms with Crippen molar-refractivity contribution in [3.63, 3.8) is 0 Å². The van der Waals surface area contributed by atoms with Crippen molar-refractivity contribution in [2.24, 2.45) is 0 Å². The van der Waals surface area contributed by atoms with Crippen LogP contribution in [0, 0.1) is 5.82 Å². The number of hydrogen-bond donors (Lipinski definition) is 2. The number of carbonyl (C=O) groups is 1. The summed E-state index contributed by atoms with van der Waals surface area (Å²) in [5, 5.41) is 7.31. The molecule has 7 heteroatoms. The minimum Gasteiger partial charge on any atom is -0.334 e. The zero-order valence-electron chi connectivity index (χ0n) is 12.7. The van der Waals surface area contributed by atoms with Crippen molar-refractivity contribution in [2.45, 2.75) is 13.1 Å². The van der Waals surface area contributed by atoms with E-state index >= 15 is 0 Å². The molecular weight excluding hydrogens is 327 g/mol. The SMILES string of the molecule is O=C(NCc1ccccc1F)NCc1nccnc1-c1cccs1. The first-order chi connectivity index (χ1) is 11.7. The average molecular weight is 342 g/mol. The van der Waals surface area contributed by atoms with Crippen LogP contribution in [0.5, 0.6) is 0 Å². The quantitative estimate of drug-likeness (QED) is 0.747. The van der Waals surface area contributed by atoms with Gasteiger partial charge in [0.05, 0.1) is 17.1 Å². The normalized spacial score (nSPS) is 10.4. The minimum absolute atomic E-state index is 0.122. The Morgan fingerprint density at radius 1 is 1.04 bits per heavy atom. The Labute approximate surface area is 142 Å². The number of rotatable bonds is 5. The van der Waals surface area contributed by atoms with Gasteiger partial charge in [0.1, 0.15) is 11.5 Å². The van der Waals surface area contributed by atoms with Gasteiger partial charge in [-0.05, 0) is 17.5 Å². The van der Waals surface area contributed by atoms with Crippen LogP contribution in [0.2, 0.25) is 0 Å². The highest BCUT2D eigenvalue weighted by molar-refractivity contribution is 7.13. The van der Waals surface area contributed by atoms with E-state index in [-0.39, 0.29) is 24.9 Å². The zero-order chi connectivity index (χ0) is 16.8. The van der Waals surface area contributed by atoms with Crippen LogP contribution >= 0.6 is 11.3 Å². The molecule has 24 heavy (non-hydrogen) atoms. The maximum Gasteiger partial charge on any atom is 0.315 e. The molecule has 0 saturated heterocycles. The average Bonchev–Trinajstić information content (AvgIpc) is 3.14. The van der Waals surface area contributed by atoms with Gasteiger partial charge < -0.3 is 10.6 Å². The maximum absolute atomic E-state index is 13.5. The standard InChI is InChI=1S/C17H15FN4OS/c18-13-5-2-1-4-12(13)10-21-17(23)22-11-14-16(20-8-7-19-14)15-6-3-9-24-15/h1-9H,10-11H2,(H2,21,22,23). The summed E-state index contributed by atoms with van der Waals surface area (Å²) in [5.74, 6) is -0.341. The van der Waals surface area contributed by atoms with Gasteiger partial charge in [-0.3, -0.25) is 9.97 Å². The van der Waals surface area contributed by atoms with E-state index in [2.05, 4.69) is 20.6 Å². The van der Waals surface area contributed by atoms with Crippen LogP contribution in [0.4, 0.5) is 9.18 Å². The lowest BCUT2D eigenvalue weighted by Crippen LogP contribution is -2.35. The number of carbonyl (C=O) groups excluding carboxylic acids is 1. The van der Waals surface area contributed by atoms with Crippen molar-refractivity contribution in [1.82, 2.24) is 20.6 Å². The summed E-state index contributed by atoms with van der Waals surface area (Å²) in [5.41, 5.74) is 1.87. The molecule has 3 aromatic rings. The highest BCUT2D eigenvalue weighted by Gasteiger charge is 2.10. The zero-order valence-corrected chi connectivity index (χ0v) is 13.5. The van der Waals surface area contributed by atoms with Gasteiger partial charge in [-0.2, -0.15) is 0 Å². The van der Waals surface area contributed by atoms with E-state index in [1.807, 2.05) is 17.5 Å². The number of hydrogen-bond acceptors (Lipinski definition) is 4. The minimum atomic E-state index is -0.388. The molecule has 122 valence electrons. The molecule has 5 nitrogen and oxygen atoms in total. The Balaban J connectivity index is 1.58. The molecule has 0 aliphatic rings. The molecule has 0 radical (unpaired) electrons. The predicted octanol–water partition coefficient (Wildman–Crippen LogP) is 3.34. The summed E-state index contributed by atoms with van der Waals surface area (Å²) in [6.07, 6.45) is 3.21. The van der Waals surface area contributed by atoms with Gasteiger partial charge in [0.15, 0.2) is 0 Å². The molecule has 0 aliphatic heterocycles. The molecule has 3 rings (SSSR count). The summed E-state index contributed by atoms with van der Waals surface area (Å²) in [6, 6.07) is 9.84. The second-order valence-corrected chi connectivity index (χ2v) is 5.90. The van der Waals surface area contributed by atoms with Crippen molar-refractivity contribution in [3.05, 3.63) is 71.2 Å². The van der Waals surface area contributed by atoms with Crippen molar-refractivity contribution >= 4 is 17.4 Å². The fourth-order valence-electron chi connectivity index (χ4n) is 2.16. The number of benzene rings is 1. The highest BCUT2D eigenvalue weighted by atomic mass is 32.1. The first-order valence-electron chi connectivity index (χ1n) is 7.33. The third-order valence-corrected chi connectivity index (χ3v) is 4.22. The van der Waals surface area contributed by atoms with E-state index in [4.69, 9.17) is 0 Å². The fourth-order valence-corrected chi connectivity index (χ4v) is 2.90. The molecule has 2 amide bonds. The third kappa shape index (κ3) is 3.94. The maximum atomic E-state index is 13.5. The van der Waals surface area contributed by atoms with E-state index in [1.165, 1.54) is 6.07 Å². The van der Waals surface area contributed by atoms with Gasteiger partial charge in [0.2, 0.25) is 0 Å². The molecule has 0 atom stereocenters. The molecule has 0 saturated carbocycles. The molecule has 2 aromatic heterocycles. The second-order valence-electron chi connectivity index (χ2n) is 4.96. The van der Waals surface area contributed by atoms with Crippen molar-refractivity contribution in [1.29, 1.82) is 0 Å². The Hall–Kier alpha value is -2.80. The molecule has 0 fully saturated rings. The van der Waals surface area contributed by atoms with Crippen LogP contribution in [-0.2, 0) is 13.1 Å². The topological polar surface area (TPSA) is 66.9 Å². The largest absolute Gasteiger partial charge is 0.334 e. The first kappa shape index (κ1) is 16.1. The van der Waals surface area contributed by atoms with Crippen LogP contribution in [0.3, 0.4) is 0 Å². The summed E-state index contributed by atoms with van der Waals surface area (Å²) in [4.78, 5) is 21.5. The highest BCUT2D eigenvalue weighted by Crippen LogP contribution is 2.24. The second kappa shape index (κ2) is 7.65. The summed E-state index contributed by atoms with van der Waals surface area (Å²) >= 11 is 1.56. The van der Waals surface area contributed by atoms with E-state index in [1.54, 1.807) is 41.9 Å². The fraction of sp³-hybridized carbons (Fsp3) is 0.118. The third-order valence-electron chi connectivity index (χ3n) is 3.34. The monoisotopic (exact) mass is 342 g/mol. The number of aromatic nitrogens is 2. The van der Waals surface area contributed by atoms with E-state index in [0.29, 0.717) is 11.3 Å². The van der Waals surface area contributed by atoms with Gasteiger partial charge in [0.25, 0.3) is 0 Å². The molecule has 0 unspecified atom stereocenters. The Morgan fingerprint density at radius 2 is 1.83 bits per heavy atom. The van der Waals surface area contributed by atoms with Gasteiger partial charge in [-0.1, -0.05) is 24.3 Å². The number of thiophene rings is 1. The summed E-state index contributed by atoms with van der Waals surface area (Å²) in [6.45, 7) is 0.362. The Kier molecular flexibility index (Phi) is 5.12. The Bertz CT molecular complexity index is 823. The molecule has 0 aliphatic carbocycles. The van der Waals surface area contributed by atoms with Crippen LogP contribution in [-0.4, -0.2) is 16.0 Å². The van der Waals surface area contributed by atoms with Crippen LogP contribution in [0.15, 0.2) is 54.2 Å². The van der Waals surface area contributed by atoms with E-state index in [9.17, 15) is 9.18 Å². The van der Waals surface area contributed by atoms with Gasteiger partial charge in [-0.25, -0.2) is 9.18 Å². The lowest BCUT2D eigenvalue weighted by Gasteiger charge is -2.09. The van der Waals surface area contributed by atoms with Gasteiger partial charge >= 0.3 is 6.03 Å². The van der Waals surface area contributed by atoms with Crippen molar-refractivity contribution in [2.75, 3.05) is 0 Å². The molecule has 0 spiro atoms. The lowest BCUT2D eigenvalue weighted by molar-refractivity contribution is 0.240. The number of nitrogens with zero attached hydrogens (tertiary/aromatic N) is 2. The predicted molar refractivity (Wildman–Crippen MR) is 90.8 cm³/mol. The lowest BCUT2D eigenvalue weighted by atomic mass is 10.2. The molecule has 2 heterocycles. The molecular formula is C17H15FN4OS. The van der Waals surface area contributed by atoms with Gasteiger partial charge in [-0.15, -0.1) is 11.3 Å².